The number of carbonyl (C=O) groups is 1. The molecule has 0 aromatic heterocycles. The summed E-state index contributed by atoms with van der Waals surface area (Å²) in [5, 5.41) is 11.6. The van der Waals surface area contributed by atoms with Crippen molar-refractivity contribution in [2.45, 2.75) is 31.9 Å². The molecular weight excluding hydrogens is 254 g/mol. The molecule has 1 amide bonds. The zero-order valence-electron chi connectivity index (χ0n) is 11.4. The Morgan fingerprint density at radius 3 is 3.05 bits per heavy atom. The molecule has 4 nitrogen and oxygen atoms in total. The fourth-order valence-electron chi connectivity index (χ4n) is 2.09. The van der Waals surface area contributed by atoms with Crippen LogP contribution in [0, 0.1) is 11.8 Å². The Balaban J connectivity index is 1.95. The smallest absolute Gasteiger partial charge is 0.249 e. The third-order valence-electron chi connectivity index (χ3n) is 3.15. The molecule has 0 spiro atoms. The van der Waals surface area contributed by atoms with Crippen molar-refractivity contribution in [3.05, 3.63) is 35.4 Å². The van der Waals surface area contributed by atoms with Gasteiger partial charge in [0.2, 0.25) is 5.91 Å². The normalized spacial score (nSPS) is 17.4. The van der Waals surface area contributed by atoms with Gasteiger partial charge in [-0.05, 0) is 24.5 Å². The molecular formula is C16H19NO3. The third-order valence-corrected chi connectivity index (χ3v) is 3.15. The van der Waals surface area contributed by atoms with E-state index in [1.165, 1.54) is 0 Å². The lowest BCUT2D eigenvalue weighted by molar-refractivity contribution is -0.130. The fourth-order valence-corrected chi connectivity index (χ4v) is 2.09. The summed E-state index contributed by atoms with van der Waals surface area (Å²) in [6, 6.07) is 7.69. The zero-order valence-corrected chi connectivity index (χ0v) is 11.4. The van der Waals surface area contributed by atoms with Gasteiger partial charge in [-0.3, -0.25) is 4.79 Å². The van der Waals surface area contributed by atoms with Gasteiger partial charge in [-0.15, -0.1) is 0 Å². The zero-order chi connectivity index (χ0) is 14.2. The summed E-state index contributed by atoms with van der Waals surface area (Å²) in [5.41, 5.74) is 1.86. The van der Waals surface area contributed by atoms with Crippen molar-refractivity contribution in [2.24, 2.45) is 0 Å². The Labute approximate surface area is 119 Å². The highest BCUT2D eigenvalue weighted by molar-refractivity contribution is 5.81. The van der Waals surface area contributed by atoms with E-state index in [2.05, 4.69) is 17.2 Å². The summed E-state index contributed by atoms with van der Waals surface area (Å²) < 4.78 is 5.35. The number of rotatable bonds is 4. The lowest BCUT2D eigenvalue weighted by Gasteiger charge is -2.11. The highest BCUT2D eigenvalue weighted by atomic mass is 16.5. The van der Waals surface area contributed by atoms with Crippen molar-refractivity contribution < 1.29 is 14.6 Å². The van der Waals surface area contributed by atoms with Gasteiger partial charge in [0.25, 0.3) is 0 Å². The minimum absolute atomic E-state index is 0.0550. The second-order valence-corrected chi connectivity index (χ2v) is 4.65. The van der Waals surface area contributed by atoms with Gasteiger partial charge in [-0.1, -0.05) is 30.0 Å². The monoisotopic (exact) mass is 273 g/mol. The second kappa shape index (κ2) is 7.68. The number of nitrogens with one attached hydrogen (secondary N) is 1. The summed E-state index contributed by atoms with van der Waals surface area (Å²) in [7, 11) is 0. The van der Waals surface area contributed by atoms with Crippen LogP contribution in [0.3, 0.4) is 0 Å². The van der Waals surface area contributed by atoms with Gasteiger partial charge in [0.1, 0.15) is 6.10 Å². The molecule has 2 N–H and O–H groups in total. The maximum absolute atomic E-state index is 11.9. The molecule has 1 aromatic carbocycles. The van der Waals surface area contributed by atoms with Crippen LogP contribution in [-0.4, -0.2) is 30.3 Å². The van der Waals surface area contributed by atoms with Crippen molar-refractivity contribution in [3.63, 3.8) is 0 Å². The predicted octanol–water partition coefficient (Wildman–Crippen LogP) is 1.22. The van der Waals surface area contributed by atoms with Crippen LogP contribution in [0.4, 0.5) is 0 Å². The molecule has 1 fully saturated rings. The molecule has 0 bridgehead atoms. The fraction of sp³-hybridized carbons (Fsp3) is 0.438. The lowest BCUT2D eigenvalue weighted by Crippen LogP contribution is -2.33. The lowest BCUT2D eigenvalue weighted by atomic mass is 10.1. The molecule has 1 unspecified atom stereocenters. The first-order valence-corrected chi connectivity index (χ1v) is 6.88. The largest absolute Gasteiger partial charge is 0.395 e. The Bertz CT molecular complexity index is 510. The third kappa shape index (κ3) is 4.09. The number of hydrogen-bond acceptors (Lipinski definition) is 3. The summed E-state index contributed by atoms with van der Waals surface area (Å²) >= 11 is 0. The molecule has 20 heavy (non-hydrogen) atoms. The van der Waals surface area contributed by atoms with Crippen LogP contribution in [0.15, 0.2) is 24.3 Å². The topological polar surface area (TPSA) is 58.6 Å². The number of ether oxygens (including phenoxy) is 1. The molecule has 1 atom stereocenters. The minimum atomic E-state index is -0.303. The number of aliphatic hydroxyl groups excluding tert-OH is 1. The van der Waals surface area contributed by atoms with Crippen molar-refractivity contribution in [3.8, 4) is 11.8 Å². The summed E-state index contributed by atoms with van der Waals surface area (Å²) in [6.07, 6.45) is 1.89. The standard InChI is InChI=1S/C16H19NO3/c18-10-4-3-7-13-6-1-2-8-14(13)12-17-16(19)15-9-5-11-20-15/h1-2,6,8,15,18H,4-5,9-12H2,(H,17,19). The van der Waals surface area contributed by atoms with Crippen LogP contribution in [0.5, 0.6) is 0 Å². The Morgan fingerprint density at radius 1 is 1.45 bits per heavy atom. The number of aliphatic hydroxyl groups is 1. The minimum Gasteiger partial charge on any atom is -0.395 e. The van der Waals surface area contributed by atoms with Crippen molar-refractivity contribution in [1.29, 1.82) is 0 Å². The number of hydrogen-bond donors (Lipinski definition) is 2. The van der Waals surface area contributed by atoms with E-state index in [0.29, 0.717) is 19.6 Å². The van der Waals surface area contributed by atoms with Gasteiger partial charge in [0, 0.05) is 25.1 Å². The van der Waals surface area contributed by atoms with Crippen LogP contribution < -0.4 is 5.32 Å². The SMILES string of the molecule is O=C(NCc1ccccc1C#CCCO)C1CCCO1. The van der Waals surface area contributed by atoms with E-state index in [1.54, 1.807) is 0 Å². The first-order valence-electron chi connectivity index (χ1n) is 6.88. The number of carbonyl (C=O) groups excluding carboxylic acids is 1. The van der Waals surface area contributed by atoms with E-state index < -0.39 is 0 Å². The van der Waals surface area contributed by atoms with Crippen LogP contribution in [0.25, 0.3) is 0 Å². The average molecular weight is 273 g/mol. The highest BCUT2D eigenvalue weighted by Crippen LogP contribution is 2.12. The van der Waals surface area contributed by atoms with E-state index in [4.69, 9.17) is 9.84 Å². The van der Waals surface area contributed by atoms with Crippen LogP contribution in [-0.2, 0) is 16.1 Å². The molecule has 1 aliphatic rings. The van der Waals surface area contributed by atoms with Crippen LogP contribution in [0.1, 0.15) is 30.4 Å². The van der Waals surface area contributed by atoms with Crippen LogP contribution in [0.2, 0.25) is 0 Å². The molecule has 2 rings (SSSR count). The molecule has 1 aliphatic heterocycles. The van der Waals surface area contributed by atoms with Crippen LogP contribution >= 0.6 is 0 Å². The molecule has 0 saturated carbocycles. The predicted molar refractivity (Wildman–Crippen MR) is 75.8 cm³/mol. The first-order chi connectivity index (χ1) is 9.81. The molecule has 0 radical (unpaired) electrons. The van der Waals surface area contributed by atoms with E-state index >= 15 is 0 Å². The van der Waals surface area contributed by atoms with Crippen molar-refractivity contribution >= 4 is 5.91 Å². The van der Waals surface area contributed by atoms with E-state index in [9.17, 15) is 4.79 Å². The molecule has 1 saturated heterocycles. The molecule has 0 aliphatic carbocycles. The van der Waals surface area contributed by atoms with Gasteiger partial charge in [0.15, 0.2) is 0 Å². The van der Waals surface area contributed by atoms with Gasteiger partial charge in [-0.2, -0.15) is 0 Å². The van der Waals surface area contributed by atoms with E-state index in [0.717, 1.165) is 24.0 Å². The van der Waals surface area contributed by atoms with Gasteiger partial charge >= 0.3 is 0 Å². The molecule has 106 valence electrons. The molecule has 1 aromatic rings. The summed E-state index contributed by atoms with van der Waals surface area (Å²) in [6.45, 7) is 1.18. The van der Waals surface area contributed by atoms with Gasteiger partial charge < -0.3 is 15.2 Å². The molecule has 4 heteroatoms. The Kier molecular flexibility index (Phi) is 5.60. The van der Waals surface area contributed by atoms with Gasteiger partial charge in [-0.25, -0.2) is 0 Å². The van der Waals surface area contributed by atoms with E-state index in [1.807, 2.05) is 24.3 Å². The van der Waals surface area contributed by atoms with Crippen molar-refractivity contribution in [1.82, 2.24) is 5.32 Å². The van der Waals surface area contributed by atoms with Crippen molar-refractivity contribution in [2.75, 3.05) is 13.2 Å². The molecule has 1 heterocycles. The maximum Gasteiger partial charge on any atom is 0.249 e. The van der Waals surface area contributed by atoms with Gasteiger partial charge in [0.05, 0.1) is 6.61 Å². The van der Waals surface area contributed by atoms with E-state index in [-0.39, 0.29) is 18.6 Å². The average Bonchev–Trinajstić information content (AvgIpc) is 3.00. The first kappa shape index (κ1) is 14.6. The Hall–Kier alpha value is -1.83. The second-order valence-electron chi connectivity index (χ2n) is 4.65. The highest BCUT2D eigenvalue weighted by Gasteiger charge is 2.23. The maximum atomic E-state index is 11.9. The summed E-state index contributed by atoms with van der Waals surface area (Å²) in [4.78, 5) is 11.9. The quantitative estimate of drug-likeness (QED) is 0.811. The number of benzene rings is 1. The Morgan fingerprint density at radius 2 is 2.30 bits per heavy atom. The number of amides is 1. The summed E-state index contributed by atoms with van der Waals surface area (Å²) in [5.74, 6) is 5.86.